The smallest absolute Gasteiger partial charge is 0.274 e. The van der Waals surface area contributed by atoms with Crippen molar-refractivity contribution in [1.82, 2.24) is 9.97 Å². The van der Waals surface area contributed by atoms with E-state index < -0.39 is 0 Å². The van der Waals surface area contributed by atoms with Crippen LogP contribution in [0.4, 0.5) is 17.2 Å². The third kappa shape index (κ3) is 5.42. The fraction of sp³-hybridized carbons (Fsp3) is 0.389. The summed E-state index contributed by atoms with van der Waals surface area (Å²) in [5.74, 6) is 0.321. The summed E-state index contributed by atoms with van der Waals surface area (Å²) in [5, 5.41) is 5.93. The molecule has 0 saturated heterocycles. The van der Waals surface area contributed by atoms with Gasteiger partial charge in [-0.05, 0) is 38.1 Å². The minimum absolute atomic E-state index is 0.271. The van der Waals surface area contributed by atoms with Gasteiger partial charge in [0.15, 0.2) is 0 Å². The van der Waals surface area contributed by atoms with Gasteiger partial charge in [0.1, 0.15) is 17.8 Å². The van der Waals surface area contributed by atoms with E-state index in [0.717, 1.165) is 24.5 Å². The Bertz CT molecular complexity index is 671. The molecule has 0 bridgehead atoms. The van der Waals surface area contributed by atoms with Crippen molar-refractivity contribution in [3.63, 3.8) is 0 Å². The van der Waals surface area contributed by atoms with Crippen LogP contribution in [-0.4, -0.2) is 49.2 Å². The van der Waals surface area contributed by atoms with Crippen molar-refractivity contribution in [2.24, 2.45) is 0 Å². The van der Waals surface area contributed by atoms with Crippen molar-refractivity contribution in [1.29, 1.82) is 0 Å². The largest absolute Gasteiger partial charge is 0.383 e. The summed E-state index contributed by atoms with van der Waals surface area (Å²) in [7, 11) is 1.63. The van der Waals surface area contributed by atoms with E-state index in [1.165, 1.54) is 6.33 Å². The SMILES string of the molecule is CCN(CC)c1ccc(NC(=O)c2cc(NCCOC)ncn2)cc1. The molecule has 0 aliphatic heterocycles. The van der Waals surface area contributed by atoms with E-state index in [-0.39, 0.29) is 5.91 Å². The van der Waals surface area contributed by atoms with Gasteiger partial charge in [-0.3, -0.25) is 4.79 Å². The quantitative estimate of drug-likeness (QED) is 0.682. The fourth-order valence-electron chi connectivity index (χ4n) is 2.40. The van der Waals surface area contributed by atoms with Crippen LogP contribution in [0.2, 0.25) is 0 Å². The Morgan fingerprint density at radius 2 is 1.88 bits per heavy atom. The Morgan fingerprint density at radius 1 is 1.16 bits per heavy atom. The van der Waals surface area contributed by atoms with Gasteiger partial charge in [-0.15, -0.1) is 0 Å². The molecule has 2 N–H and O–H groups in total. The lowest BCUT2D eigenvalue weighted by Gasteiger charge is -2.21. The number of carbonyl (C=O) groups excluding carboxylic acids is 1. The molecule has 7 heteroatoms. The molecule has 1 heterocycles. The number of aromatic nitrogens is 2. The lowest BCUT2D eigenvalue weighted by molar-refractivity contribution is 0.102. The van der Waals surface area contributed by atoms with Gasteiger partial charge in [0, 0.05) is 44.2 Å². The van der Waals surface area contributed by atoms with Gasteiger partial charge in [0.25, 0.3) is 5.91 Å². The maximum absolute atomic E-state index is 12.4. The molecule has 0 aliphatic carbocycles. The molecule has 1 aromatic heterocycles. The van der Waals surface area contributed by atoms with Crippen molar-refractivity contribution in [3.8, 4) is 0 Å². The zero-order valence-corrected chi connectivity index (χ0v) is 15.0. The second kappa shape index (κ2) is 9.58. The van der Waals surface area contributed by atoms with Gasteiger partial charge < -0.3 is 20.3 Å². The van der Waals surface area contributed by atoms with Crippen LogP contribution < -0.4 is 15.5 Å². The molecule has 1 amide bonds. The second-order valence-electron chi connectivity index (χ2n) is 5.38. The molecule has 25 heavy (non-hydrogen) atoms. The summed E-state index contributed by atoms with van der Waals surface area (Å²) in [6.45, 7) is 7.30. The van der Waals surface area contributed by atoms with Crippen molar-refractivity contribution in [2.75, 3.05) is 48.9 Å². The van der Waals surface area contributed by atoms with Gasteiger partial charge in [0.2, 0.25) is 0 Å². The standard InChI is InChI=1S/C18H25N5O2/c1-4-23(5-2)15-8-6-14(7-9-15)22-18(24)16-12-17(21-13-20-16)19-10-11-25-3/h6-9,12-13H,4-5,10-11H2,1-3H3,(H,22,24)(H,19,20,21). The minimum atomic E-state index is -0.271. The van der Waals surface area contributed by atoms with Crippen LogP contribution in [-0.2, 0) is 4.74 Å². The highest BCUT2D eigenvalue weighted by atomic mass is 16.5. The van der Waals surface area contributed by atoms with Gasteiger partial charge in [0.05, 0.1) is 6.61 Å². The number of rotatable bonds is 9. The lowest BCUT2D eigenvalue weighted by Crippen LogP contribution is -2.21. The molecule has 134 valence electrons. The first kappa shape index (κ1) is 18.7. The Kier molecular flexibility index (Phi) is 7.16. The second-order valence-corrected chi connectivity index (χ2v) is 5.38. The molecular weight excluding hydrogens is 318 g/mol. The number of amides is 1. The zero-order valence-electron chi connectivity index (χ0n) is 15.0. The molecule has 0 saturated carbocycles. The first-order valence-corrected chi connectivity index (χ1v) is 8.39. The average Bonchev–Trinajstić information content (AvgIpc) is 2.64. The number of carbonyl (C=O) groups is 1. The molecule has 0 spiro atoms. The van der Waals surface area contributed by atoms with Crippen molar-refractivity contribution in [3.05, 3.63) is 42.4 Å². The van der Waals surface area contributed by atoms with Crippen LogP contribution in [0.1, 0.15) is 24.3 Å². The Balaban J connectivity index is 2.00. The normalized spacial score (nSPS) is 10.4. The Labute approximate surface area is 148 Å². The van der Waals surface area contributed by atoms with E-state index in [9.17, 15) is 4.79 Å². The van der Waals surface area contributed by atoms with Crippen LogP contribution in [0.25, 0.3) is 0 Å². The third-order valence-corrected chi connectivity index (χ3v) is 3.77. The van der Waals surface area contributed by atoms with Gasteiger partial charge in [-0.25, -0.2) is 9.97 Å². The zero-order chi connectivity index (χ0) is 18.1. The molecule has 0 fully saturated rings. The van der Waals surface area contributed by atoms with Crippen LogP contribution >= 0.6 is 0 Å². The summed E-state index contributed by atoms with van der Waals surface area (Å²) in [4.78, 5) is 22.7. The molecule has 2 aromatic rings. The van der Waals surface area contributed by atoms with Crippen LogP contribution in [0.3, 0.4) is 0 Å². The highest BCUT2D eigenvalue weighted by molar-refractivity contribution is 6.03. The first-order valence-electron chi connectivity index (χ1n) is 8.39. The lowest BCUT2D eigenvalue weighted by atomic mass is 10.2. The maximum atomic E-state index is 12.4. The molecule has 2 rings (SSSR count). The molecule has 0 atom stereocenters. The predicted octanol–water partition coefficient (Wildman–Crippen LogP) is 2.63. The highest BCUT2D eigenvalue weighted by Crippen LogP contribution is 2.18. The molecular formula is C18H25N5O2. The molecule has 0 aliphatic rings. The Morgan fingerprint density at radius 3 is 2.52 bits per heavy atom. The minimum Gasteiger partial charge on any atom is -0.383 e. The van der Waals surface area contributed by atoms with Crippen LogP contribution in [0, 0.1) is 0 Å². The monoisotopic (exact) mass is 343 g/mol. The van der Waals surface area contributed by atoms with Crippen molar-refractivity contribution >= 4 is 23.1 Å². The van der Waals surface area contributed by atoms with Gasteiger partial charge in [-0.2, -0.15) is 0 Å². The van der Waals surface area contributed by atoms with Gasteiger partial charge in [-0.1, -0.05) is 0 Å². The number of nitrogens with one attached hydrogen (secondary N) is 2. The van der Waals surface area contributed by atoms with E-state index in [4.69, 9.17) is 4.74 Å². The summed E-state index contributed by atoms with van der Waals surface area (Å²) < 4.78 is 4.97. The first-order chi connectivity index (χ1) is 12.2. The summed E-state index contributed by atoms with van der Waals surface area (Å²) in [5.41, 5.74) is 2.17. The predicted molar refractivity (Wildman–Crippen MR) is 100 cm³/mol. The highest BCUT2D eigenvalue weighted by Gasteiger charge is 2.10. The summed E-state index contributed by atoms with van der Waals surface area (Å²) in [6, 6.07) is 9.41. The summed E-state index contributed by atoms with van der Waals surface area (Å²) in [6.07, 6.45) is 1.37. The summed E-state index contributed by atoms with van der Waals surface area (Å²) >= 11 is 0. The van der Waals surface area contributed by atoms with Gasteiger partial charge >= 0.3 is 0 Å². The van der Waals surface area contributed by atoms with Crippen molar-refractivity contribution < 1.29 is 9.53 Å². The fourth-order valence-corrected chi connectivity index (χ4v) is 2.40. The third-order valence-electron chi connectivity index (χ3n) is 3.77. The van der Waals surface area contributed by atoms with E-state index in [1.807, 2.05) is 24.3 Å². The number of hydrogen-bond donors (Lipinski definition) is 2. The number of hydrogen-bond acceptors (Lipinski definition) is 6. The average molecular weight is 343 g/mol. The molecule has 7 nitrogen and oxygen atoms in total. The van der Waals surface area contributed by atoms with E-state index in [2.05, 4.69) is 39.3 Å². The number of methoxy groups -OCH3 is 1. The van der Waals surface area contributed by atoms with Crippen LogP contribution in [0.5, 0.6) is 0 Å². The van der Waals surface area contributed by atoms with Crippen molar-refractivity contribution in [2.45, 2.75) is 13.8 Å². The van der Waals surface area contributed by atoms with E-state index >= 15 is 0 Å². The Hall–Kier alpha value is -2.67. The number of ether oxygens (including phenoxy) is 1. The van der Waals surface area contributed by atoms with E-state index in [1.54, 1.807) is 13.2 Å². The number of nitrogens with zero attached hydrogens (tertiary/aromatic N) is 3. The topological polar surface area (TPSA) is 79.4 Å². The number of benzene rings is 1. The van der Waals surface area contributed by atoms with E-state index in [0.29, 0.717) is 24.7 Å². The number of anilines is 3. The van der Waals surface area contributed by atoms with Crippen LogP contribution in [0.15, 0.2) is 36.7 Å². The molecule has 0 unspecified atom stereocenters. The molecule has 0 radical (unpaired) electrons. The molecule has 1 aromatic carbocycles. The maximum Gasteiger partial charge on any atom is 0.274 e.